The van der Waals surface area contributed by atoms with Crippen molar-refractivity contribution in [1.82, 2.24) is 5.32 Å². The molecule has 0 radical (unpaired) electrons. The van der Waals surface area contributed by atoms with Crippen LogP contribution < -0.4 is 5.32 Å². The molecule has 2 rings (SSSR count). The van der Waals surface area contributed by atoms with Crippen molar-refractivity contribution in [2.24, 2.45) is 17.3 Å². The number of nitrogens with one attached hydrogen (secondary N) is 1. The van der Waals surface area contributed by atoms with Crippen molar-refractivity contribution in [3.63, 3.8) is 0 Å². The molecule has 142 valence electrons. The Labute approximate surface area is 151 Å². The predicted molar refractivity (Wildman–Crippen MR) is 97.1 cm³/mol. The molecule has 0 unspecified atom stereocenters. The monoisotopic (exact) mass is 351 g/mol. The van der Waals surface area contributed by atoms with Gasteiger partial charge in [0.05, 0.1) is 0 Å². The molecule has 2 aliphatic carbocycles. The molecule has 5 nitrogen and oxygen atoms in total. The van der Waals surface area contributed by atoms with Crippen molar-refractivity contribution in [3.05, 3.63) is 11.6 Å². The van der Waals surface area contributed by atoms with Crippen LogP contribution in [-0.4, -0.2) is 29.8 Å². The van der Waals surface area contributed by atoms with Gasteiger partial charge < -0.3 is 14.8 Å². The summed E-state index contributed by atoms with van der Waals surface area (Å²) in [6.45, 7) is 13.6. The molecule has 0 heterocycles. The molecule has 0 spiro atoms. The molecule has 0 aromatic carbocycles. The quantitative estimate of drug-likeness (QED) is 0.595. The standard InChI is InChI=1S/C20H33NO4/c1-13-8-15-10-20(16(15)9-13,11-19(6,7)24-14(2)22)12-21-17(23)25-18(3,4)5/h9,15-16H,8,10-12H2,1-7H3,(H,21,23)/t15-,16-,20-/m0/s1. The summed E-state index contributed by atoms with van der Waals surface area (Å²) < 4.78 is 10.9. The van der Waals surface area contributed by atoms with E-state index in [1.54, 1.807) is 0 Å². The number of alkyl carbamates (subject to hydrolysis) is 1. The van der Waals surface area contributed by atoms with Crippen LogP contribution >= 0.6 is 0 Å². The fourth-order valence-corrected chi connectivity index (χ4v) is 4.70. The van der Waals surface area contributed by atoms with Crippen molar-refractivity contribution in [3.8, 4) is 0 Å². The maximum absolute atomic E-state index is 12.1. The van der Waals surface area contributed by atoms with Crippen LogP contribution in [0.1, 0.15) is 67.7 Å². The van der Waals surface area contributed by atoms with Gasteiger partial charge in [0, 0.05) is 13.5 Å². The van der Waals surface area contributed by atoms with Crippen LogP contribution in [0.3, 0.4) is 0 Å². The Morgan fingerprint density at radius 1 is 1.24 bits per heavy atom. The first-order chi connectivity index (χ1) is 11.3. The zero-order valence-electron chi connectivity index (χ0n) is 16.7. The SMILES string of the molecule is CC(=O)OC(C)(C)C[C@]1(CNC(=O)OC(C)(C)C)C[C@@H]2CC(C)=C[C@@H]21. The van der Waals surface area contributed by atoms with Gasteiger partial charge in [-0.1, -0.05) is 11.6 Å². The minimum Gasteiger partial charge on any atom is -0.460 e. The first-order valence-corrected chi connectivity index (χ1v) is 9.16. The summed E-state index contributed by atoms with van der Waals surface area (Å²) in [6.07, 6.45) is 4.84. The van der Waals surface area contributed by atoms with Crippen LogP contribution in [0.2, 0.25) is 0 Å². The lowest BCUT2D eigenvalue weighted by Crippen LogP contribution is -2.55. The number of carbonyl (C=O) groups is 2. The van der Waals surface area contributed by atoms with E-state index in [0.29, 0.717) is 18.4 Å². The summed E-state index contributed by atoms with van der Waals surface area (Å²) in [4.78, 5) is 23.5. The molecule has 5 heteroatoms. The van der Waals surface area contributed by atoms with E-state index >= 15 is 0 Å². The molecule has 1 fully saturated rings. The molecular formula is C20H33NO4. The van der Waals surface area contributed by atoms with E-state index in [1.807, 2.05) is 34.6 Å². The summed E-state index contributed by atoms with van der Waals surface area (Å²) >= 11 is 0. The van der Waals surface area contributed by atoms with E-state index in [1.165, 1.54) is 12.5 Å². The molecule has 0 aromatic rings. The second-order valence-corrected chi connectivity index (χ2v) is 9.46. The average Bonchev–Trinajstić information content (AvgIpc) is 2.68. The van der Waals surface area contributed by atoms with E-state index in [4.69, 9.17) is 9.47 Å². The Morgan fingerprint density at radius 3 is 2.40 bits per heavy atom. The highest BCUT2D eigenvalue weighted by Crippen LogP contribution is 2.61. The molecule has 3 atom stereocenters. The van der Waals surface area contributed by atoms with E-state index in [-0.39, 0.29) is 17.5 Å². The third kappa shape index (κ3) is 4.99. The number of allylic oxidation sites excluding steroid dienone is 2. The Kier molecular flexibility index (Phi) is 5.27. The van der Waals surface area contributed by atoms with Gasteiger partial charge in [-0.25, -0.2) is 4.79 Å². The van der Waals surface area contributed by atoms with Crippen molar-refractivity contribution < 1.29 is 19.1 Å². The Bertz CT molecular complexity index is 573. The van der Waals surface area contributed by atoms with Gasteiger partial charge in [0.2, 0.25) is 0 Å². The van der Waals surface area contributed by atoms with Crippen molar-refractivity contribution in [1.29, 1.82) is 0 Å². The van der Waals surface area contributed by atoms with E-state index < -0.39 is 11.2 Å². The summed E-state index contributed by atoms with van der Waals surface area (Å²) in [5.41, 5.74) is 0.259. The molecule has 1 amide bonds. The number of carbonyl (C=O) groups excluding carboxylic acids is 2. The van der Waals surface area contributed by atoms with Crippen LogP contribution in [0.5, 0.6) is 0 Å². The van der Waals surface area contributed by atoms with Crippen molar-refractivity contribution in [2.75, 3.05) is 6.54 Å². The van der Waals surface area contributed by atoms with Crippen LogP contribution in [0.15, 0.2) is 11.6 Å². The highest BCUT2D eigenvalue weighted by molar-refractivity contribution is 5.68. The maximum atomic E-state index is 12.1. The minimum atomic E-state index is -0.559. The first kappa shape index (κ1) is 19.8. The largest absolute Gasteiger partial charge is 0.460 e. The third-order valence-electron chi connectivity index (χ3n) is 5.11. The van der Waals surface area contributed by atoms with Crippen LogP contribution in [0, 0.1) is 17.3 Å². The van der Waals surface area contributed by atoms with Gasteiger partial charge in [0.1, 0.15) is 11.2 Å². The molecule has 2 aliphatic rings. The maximum Gasteiger partial charge on any atom is 0.407 e. The second kappa shape index (κ2) is 6.65. The van der Waals surface area contributed by atoms with Crippen LogP contribution in [0.25, 0.3) is 0 Å². The predicted octanol–water partition coefficient (Wildman–Crippen LogP) is 4.22. The third-order valence-corrected chi connectivity index (χ3v) is 5.11. The fraction of sp³-hybridized carbons (Fsp3) is 0.800. The molecule has 0 aliphatic heterocycles. The van der Waals surface area contributed by atoms with Gasteiger partial charge in [-0.3, -0.25) is 4.79 Å². The molecule has 25 heavy (non-hydrogen) atoms. The Hall–Kier alpha value is -1.52. The lowest BCUT2D eigenvalue weighted by atomic mass is 9.52. The smallest absolute Gasteiger partial charge is 0.407 e. The topological polar surface area (TPSA) is 64.6 Å². The Morgan fingerprint density at radius 2 is 1.88 bits per heavy atom. The number of esters is 1. The normalized spacial score (nSPS) is 28.5. The zero-order valence-corrected chi connectivity index (χ0v) is 16.7. The number of hydrogen-bond acceptors (Lipinski definition) is 4. The summed E-state index contributed by atoms with van der Waals surface area (Å²) in [6, 6.07) is 0. The molecule has 1 saturated carbocycles. The number of hydrogen-bond donors (Lipinski definition) is 1. The highest BCUT2D eigenvalue weighted by Gasteiger charge is 2.56. The molecule has 0 aromatic heterocycles. The number of ether oxygens (including phenoxy) is 2. The average molecular weight is 351 g/mol. The van der Waals surface area contributed by atoms with Crippen LogP contribution in [-0.2, 0) is 14.3 Å². The summed E-state index contributed by atoms with van der Waals surface area (Å²) in [5, 5.41) is 2.95. The number of amides is 1. The fourth-order valence-electron chi connectivity index (χ4n) is 4.70. The van der Waals surface area contributed by atoms with Gasteiger partial charge in [0.25, 0.3) is 0 Å². The van der Waals surface area contributed by atoms with E-state index in [0.717, 1.165) is 19.3 Å². The van der Waals surface area contributed by atoms with Crippen LogP contribution in [0.4, 0.5) is 4.79 Å². The van der Waals surface area contributed by atoms with E-state index in [9.17, 15) is 9.59 Å². The van der Waals surface area contributed by atoms with Gasteiger partial charge in [0.15, 0.2) is 0 Å². The highest BCUT2D eigenvalue weighted by atomic mass is 16.6. The molecule has 1 N–H and O–H groups in total. The molecular weight excluding hydrogens is 318 g/mol. The number of fused-ring (bicyclic) bond motifs is 1. The lowest BCUT2D eigenvalue weighted by Gasteiger charge is -2.55. The van der Waals surface area contributed by atoms with Gasteiger partial charge in [-0.05, 0) is 78.1 Å². The summed E-state index contributed by atoms with van der Waals surface area (Å²) in [5.74, 6) is 0.806. The second-order valence-electron chi connectivity index (χ2n) is 9.46. The van der Waals surface area contributed by atoms with Gasteiger partial charge in [-0.2, -0.15) is 0 Å². The Balaban J connectivity index is 2.09. The van der Waals surface area contributed by atoms with Crippen molar-refractivity contribution in [2.45, 2.75) is 78.9 Å². The van der Waals surface area contributed by atoms with Gasteiger partial charge >= 0.3 is 12.1 Å². The molecule has 0 bridgehead atoms. The minimum absolute atomic E-state index is 0.0850. The lowest BCUT2D eigenvalue weighted by molar-refractivity contribution is -0.161. The van der Waals surface area contributed by atoms with Gasteiger partial charge in [-0.15, -0.1) is 0 Å². The first-order valence-electron chi connectivity index (χ1n) is 9.16. The van der Waals surface area contributed by atoms with E-state index in [2.05, 4.69) is 18.3 Å². The summed E-state index contributed by atoms with van der Waals surface area (Å²) in [7, 11) is 0. The van der Waals surface area contributed by atoms with Crippen molar-refractivity contribution >= 4 is 12.1 Å². The number of rotatable bonds is 5. The zero-order chi connectivity index (χ0) is 19.0. The molecule has 0 saturated heterocycles.